The molecule has 0 aliphatic rings. The van der Waals surface area contributed by atoms with Crippen molar-refractivity contribution in [3.05, 3.63) is 64.1 Å². The molecule has 3 N–H and O–H groups in total. The SMILES string of the molecule is CC(C)(C)OC(=O)O[C@@](Cc1ccc(O)cc1)(NC(=O)OCc1ccccc1Br)C(=O)O. The van der Waals surface area contributed by atoms with Gasteiger partial charge in [-0.05, 0) is 44.5 Å². The first-order valence-corrected chi connectivity index (χ1v) is 10.3. The van der Waals surface area contributed by atoms with Gasteiger partial charge in [0.15, 0.2) is 0 Å². The number of phenolic OH excluding ortho intramolecular Hbond substituents is 1. The summed E-state index contributed by atoms with van der Waals surface area (Å²) in [6, 6.07) is 12.5. The Morgan fingerprint density at radius 2 is 1.62 bits per heavy atom. The lowest BCUT2D eigenvalue weighted by Gasteiger charge is -2.30. The van der Waals surface area contributed by atoms with Gasteiger partial charge in [-0.15, -0.1) is 0 Å². The number of ether oxygens (including phenoxy) is 3. The van der Waals surface area contributed by atoms with Crippen LogP contribution in [0.2, 0.25) is 0 Å². The zero-order valence-corrected chi connectivity index (χ0v) is 19.3. The molecule has 0 radical (unpaired) electrons. The maximum absolute atomic E-state index is 12.5. The Labute approximate surface area is 193 Å². The highest BCUT2D eigenvalue weighted by Crippen LogP contribution is 2.22. The van der Waals surface area contributed by atoms with E-state index in [0.29, 0.717) is 15.6 Å². The van der Waals surface area contributed by atoms with Gasteiger partial charge in [0.25, 0.3) is 5.72 Å². The fourth-order valence-electron chi connectivity index (χ4n) is 2.55. The van der Waals surface area contributed by atoms with Crippen LogP contribution in [0.5, 0.6) is 5.75 Å². The lowest BCUT2D eigenvalue weighted by molar-refractivity contribution is -0.167. The molecule has 0 bridgehead atoms. The number of amides is 1. The van der Waals surface area contributed by atoms with Gasteiger partial charge in [-0.3, -0.25) is 5.32 Å². The van der Waals surface area contributed by atoms with Crippen LogP contribution >= 0.6 is 15.9 Å². The molecule has 0 heterocycles. The predicted molar refractivity (Wildman–Crippen MR) is 117 cm³/mol. The van der Waals surface area contributed by atoms with Crippen molar-refractivity contribution in [2.24, 2.45) is 0 Å². The minimum atomic E-state index is -2.52. The Kier molecular flexibility index (Phi) is 8.09. The molecule has 1 amide bonds. The number of phenols is 1. The van der Waals surface area contributed by atoms with Crippen LogP contribution in [-0.2, 0) is 32.0 Å². The number of rotatable bonds is 7. The van der Waals surface area contributed by atoms with E-state index < -0.39 is 36.0 Å². The van der Waals surface area contributed by atoms with Gasteiger partial charge in [-0.1, -0.05) is 46.3 Å². The summed E-state index contributed by atoms with van der Waals surface area (Å²) in [7, 11) is 0. The molecule has 0 aromatic heterocycles. The van der Waals surface area contributed by atoms with E-state index in [1.807, 2.05) is 0 Å². The van der Waals surface area contributed by atoms with Crippen LogP contribution < -0.4 is 5.32 Å². The lowest BCUT2D eigenvalue weighted by Crippen LogP contribution is -2.59. The second-order valence-electron chi connectivity index (χ2n) is 7.83. The standard InChI is InChI=1S/C22H24BrNO8/c1-21(2,3)31-20(29)32-22(18(26)27,12-14-8-10-16(25)11-9-14)24-19(28)30-13-15-6-4-5-7-17(15)23/h4-11,25H,12-13H2,1-3H3,(H,24,28)(H,26,27)/t22-/m1/s1. The number of benzene rings is 2. The van der Waals surface area contributed by atoms with Gasteiger partial charge in [0, 0.05) is 16.5 Å². The van der Waals surface area contributed by atoms with Gasteiger partial charge in [0.05, 0.1) is 0 Å². The minimum Gasteiger partial charge on any atom is -0.508 e. The molecule has 1 atom stereocenters. The smallest absolute Gasteiger partial charge is 0.508 e. The van der Waals surface area contributed by atoms with Gasteiger partial charge in [-0.2, -0.15) is 0 Å². The van der Waals surface area contributed by atoms with E-state index in [-0.39, 0.29) is 12.4 Å². The van der Waals surface area contributed by atoms with Crippen LogP contribution in [0.15, 0.2) is 53.0 Å². The van der Waals surface area contributed by atoms with E-state index >= 15 is 0 Å². The van der Waals surface area contributed by atoms with Crippen molar-refractivity contribution in [1.29, 1.82) is 0 Å². The highest BCUT2D eigenvalue weighted by molar-refractivity contribution is 9.10. The van der Waals surface area contributed by atoms with E-state index in [2.05, 4.69) is 21.2 Å². The average molecular weight is 510 g/mol. The fraction of sp³-hybridized carbons (Fsp3) is 0.318. The zero-order valence-electron chi connectivity index (χ0n) is 17.8. The van der Waals surface area contributed by atoms with Crippen molar-refractivity contribution in [3.63, 3.8) is 0 Å². The summed E-state index contributed by atoms with van der Waals surface area (Å²) >= 11 is 3.33. The van der Waals surface area contributed by atoms with Crippen molar-refractivity contribution >= 4 is 34.1 Å². The zero-order chi connectivity index (χ0) is 23.9. The molecule has 172 valence electrons. The Morgan fingerprint density at radius 1 is 1.00 bits per heavy atom. The first-order chi connectivity index (χ1) is 14.9. The monoisotopic (exact) mass is 509 g/mol. The van der Waals surface area contributed by atoms with Crippen LogP contribution in [-0.4, -0.2) is 39.8 Å². The second kappa shape index (κ2) is 10.4. The minimum absolute atomic E-state index is 0.0384. The Balaban J connectivity index is 2.26. The van der Waals surface area contributed by atoms with Crippen LogP contribution in [0, 0.1) is 0 Å². The molecule has 9 nitrogen and oxygen atoms in total. The predicted octanol–water partition coefficient (Wildman–Crippen LogP) is 4.36. The van der Waals surface area contributed by atoms with Gasteiger partial charge >= 0.3 is 18.2 Å². The molecule has 2 rings (SSSR count). The summed E-state index contributed by atoms with van der Waals surface area (Å²) < 4.78 is 16.0. The van der Waals surface area contributed by atoms with E-state index in [9.17, 15) is 24.6 Å². The van der Waals surface area contributed by atoms with Crippen LogP contribution in [0.1, 0.15) is 31.9 Å². The Hall–Kier alpha value is -3.27. The molecular weight excluding hydrogens is 486 g/mol. The van der Waals surface area contributed by atoms with Gasteiger partial charge in [0.2, 0.25) is 0 Å². The number of aromatic hydroxyl groups is 1. The molecule has 2 aromatic rings. The third-order valence-corrected chi connectivity index (χ3v) is 4.78. The molecule has 0 saturated carbocycles. The van der Waals surface area contributed by atoms with Crippen molar-refractivity contribution in [2.75, 3.05) is 0 Å². The molecule has 0 unspecified atom stereocenters. The summed E-state index contributed by atoms with van der Waals surface area (Å²) in [5.41, 5.74) is -2.47. The fourth-order valence-corrected chi connectivity index (χ4v) is 2.95. The van der Waals surface area contributed by atoms with Crippen LogP contribution in [0.25, 0.3) is 0 Å². The number of aliphatic carboxylic acids is 1. The number of carboxylic acids is 1. The number of carbonyl (C=O) groups is 3. The number of hydrogen-bond acceptors (Lipinski definition) is 7. The number of hydrogen-bond donors (Lipinski definition) is 3. The molecule has 0 aliphatic carbocycles. The van der Waals surface area contributed by atoms with Crippen LogP contribution in [0.3, 0.4) is 0 Å². The Bertz CT molecular complexity index is 971. The summed E-state index contributed by atoms with van der Waals surface area (Å²) in [4.78, 5) is 37.0. The quantitative estimate of drug-likeness (QED) is 0.370. The number of carbonyl (C=O) groups excluding carboxylic acids is 2. The molecule has 2 aromatic carbocycles. The van der Waals surface area contributed by atoms with E-state index in [4.69, 9.17) is 14.2 Å². The average Bonchev–Trinajstić information content (AvgIpc) is 2.67. The van der Waals surface area contributed by atoms with E-state index in [0.717, 1.165) is 0 Å². The third-order valence-electron chi connectivity index (χ3n) is 4.00. The van der Waals surface area contributed by atoms with E-state index in [1.165, 1.54) is 24.3 Å². The number of alkyl carbamates (subject to hydrolysis) is 1. The summed E-state index contributed by atoms with van der Waals surface area (Å²) in [6.07, 6.45) is -2.86. The van der Waals surface area contributed by atoms with Crippen molar-refractivity contribution in [2.45, 2.75) is 45.1 Å². The molecule has 0 saturated heterocycles. The Morgan fingerprint density at radius 3 is 2.19 bits per heavy atom. The molecule has 0 spiro atoms. The summed E-state index contributed by atoms with van der Waals surface area (Å²) in [5, 5.41) is 21.5. The first-order valence-electron chi connectivity index (χ1n) is 9.52. The number of nitrogens with one attached hydrogen (secondary N) is 1. The van der Waals surface area contributed by atoms with Crippen molar-refractivity contribution in [1.82, 2.24) is 5.32 Å². The van der Waals surface area contributed by atoms with Gasteiger partial charge < -0.3 is 24.4 Å². The van der Waals surface area contributed by atoms with Crippen molar-refractivity contribution in [3.8, 4) is 5.75 Å². The van der Waals surface area contributed by atoms with Crippen molar-refractivity contribution < 1.29 is 38.8 Å². The summed E-state index contributed by atoms with van der Waals surface area (Å²) in [6.45, 7) is 4.58. The largest absolute Gasteiger partial charge is 0.511 e. The second-order valence-corrected chi connectivity index (χ2v) is 8.69. The maximum atomic E-state index is 12.5. The normalized spacial score (nSPS) is 12.9. The topological polar surface area (TPSA) is 131 Å². The number of halogens is 1. The first kappa shape index (κ1) is 25.0. The molecule has 0 fully saturated rings. The molecular formula is C22H24BrNO8. The van der Waals surface area contributed by atoms with Crippen LogP contribution in [0.4, 0.5) is 9.59 Å². The highest BCUT2D eigenvalue weighted by atomic mass is 79.9. The highest BCUT2D eigenvalue weighted by Gasteiger charge is 2.46. The van der Waals surface area contributed by atoms with Gasteiger partial charge in [-0.25, -0.2) is 14.4 Å². The summed E-state index contributed by atoms with van der Waals surface area (Å²) in [5.74, 6) is -1.68. The number of carboxylic acid groups (broad SMARTS) is 1. The molecule has 0 aliphatic heterocycles. The van der Waals surface area contributed by atoms with E-state index in [1.54, 1.807) is 45.0 Å². The lowest BCUT2D eigenvalue weighted by atomic mass is 10.0. The van der Waals surface area contributed by atoms with Gasteiger partial charge in [0.1, 0.15) is 18.0 Å². The molecule has 10 heteroatoms. The molecule has 32 heavy (non-hydrogen) atoms. The third kappa shape index (κ3) is 7.45. The maximum Gasteiger partial charge on any atom is 0.511 e.